The van der Waals surface area contributed by atoms with E-state index in [-0.39, 0.29) is 5.82 Å². The highest BCUT2D eigenvalue weighted by Crippen LogP contribution is 2.01. The molecule has 0 aliphatic heterocycles. The van der Waals surface area contributed by atoms with Gasteiger partial charge in [0.2, 0.25) is 5.82 Å². The Kier molecular flexibility index (Phi) is 4.35. The van der Waals surface area contributed by atoms with Gasteiger partial charge in [0, 0.05) is 24.8 Å². The van der Waals surface area contributed by atoms with Crippen LogP contribution in [0, 0.1) is 0 Å². The van der Waals surface area contributed by atoms with Crippen LogP contribution in [0.1, 0.15) is 22.6 Å². The first-order chi connectivity index (χ1) is 8.86. The lowest BCUT2D eigenvalue weighted by Crippen LogP contribution is -2.10. The molecule has 0 aromatic carbocycles. The number of esters is 1. The van der Waals surface area contributed by atoms with Gasteiger partial charge in [-0.1, -0.05) is 6.07 Å². The molecule has 0 atom stereocenters. The molecule has 0 saturated carbocycles. The minimum Gasteiger partial charge on any atom is -0.460 e. The van der Waals surface area contributed by atoms with E-state index in [1.165, 1.54) is 12.4 Å². The number of nitrogens with zero attached hydrogens (tertiary/aromatic N) is 3. The van der Waals surface area contributed by atoms with E-state index in [1.807, 2.05) is 18.3 Å². The molecule has 2 rings (SSSR count). The molecule has 2 heterocycles. The third-order valence-electron chi connectivity index (χ3n) is 2.31. The van der Waals surface area contributed by atoms with Gasteiger partial charge < -0.3 is 4.74 Å². The summed E-state index contributed by atoms with van der Waals surface area (Å²) in [5.41, 5.74) is 1.13. The zero-order valence-electron chi connectivity index (χ0n) is 9.82. The summed E-state index contributed by atoms with van der Waals surface area (Å²) in [5, 5.41) is 0. The molecule has 0 amide bonds. The standard InChI is InChI=1S/C13H13N3O2/c17-13(12-15-7-3-8-16-12)18-9-2-5-11-4-1-6-14-10-11/h1,3-4,6-8,10H,2,5,9H2. The summed E-state index contributed by atoms with van der Waals surface area (Å²) in [7, 11) is 0. The van der Waals surface area contributed by atoms with E-state index in [9.17, 15) is 4.79 Å². The number of hydrogen-bond donors (Lipinski definition) is 0. The lowest BCUT2D eigenvalue weighted by Gasteiger charge is -2.03. The average Bonchev–Trinajstić information content (AvgIpc) is 2.45. The molecule has 0 spiro atoms. The number of ether oxygens (including phenoxy) is 1. The Balaban J connectivity index is 1.72. The molecule has 0 aliphatic carbocycles. The minimum absolute atomic E-state index is 0.0962. The number of pyridine rings is 1. The van der Waals surface area contributed by atoms with Crippen molar-refractivity contribution < 1.29 is 9.53 Å². The highest BCUT2D eigenvalue weighted by atomic mass is 16.5. The first-order valence-corrected chi connectivity index (χ1v) is 5.69. The van der Waals surface area contributed by atoms with Crippen LogP contribution in [0.2, 0.25) is 0 Å². The van der Waals surface area contributed by atoms with Gasteiger partial charge in [0.05, 0.1) is 6.61 Å². The normalized spacial score (nSPS) is 10.0. The van der Waals surface area contributed by atoms with Crippen molar-refractivity contribution in [1.82, 2.24) is 15.0 Å². The van der Waals surface area contributed by atoms with Crippen LogP contribution in [0.3, 0.4) is 0 Å². The first kappa shape index (κ1) is 12.2. The number of hydrogen-bond acceptors (Lipinski definition) is 5. The van der Waals surface area contributed by atoms with Crippen LogP contribution >= 0.6 is 0 Å². The Bertz CT molecular complexity index is 488. The fourth-order valence-corrected chi connectivity index (χ4v) is 1.46. The molecule has 18 heavy (non-hydrogen) atoms. The number of aromatic nitrogens is 3. The topological polar surface area (TPSA) is 65.0 Å². The third kappa shape index (κ3) is 3.62. The van der Waals surface area contributed by atoms with Crippen molar-refractivity contribution in [1.29, 1.82) is 0 Å². The molecule has 0 saturated heterocycles. The second-order valence-corrected chi connectivity index (χ2v) is 3.67. The van der Waals surface area contributed by atoms with E-state index in [0.29, 0.717) is 6.61 Å². The lowest BCUT2D eigenvalue weighted by atomic mass is 10.2. The molecule has 2 aromatic heterocycles. The van der Waals surface area contributed by atoms with Crippen LogP contribution < -0.4 is 0 Å². The molecule has 0 bridgehead atoms. The van der Waals surface area contributed by atoms with Gasteiger partial charge in [-0.25, -0.2) is 14.8 Å². The Morgan fingerprint density at radius 3 is 2.72 bits per heavy atom. The van der Waals surface area contributed by atoms with Crippen molar-refractivity contribution >= 4 is 5.97 Å². The average molecular weight is 243 g/mol. The monoisotopic (exact) mass is 243 g/mol. The van der Waals surface area contributed by atoms with Gasteiger partial charge in [-0.15, -0.1) is 0 Å². The van der Waals surface area contributed by atoms with Crippen molar-refractivity contribution in [2.45, 2.75) is 12.8 Å². The summed E-state index contributed by atoms with van der Waals surface area (Å²) >= 11 is 0. The highest BCUT2D eigenvalue weighted by Gasteiger charge is 2.08. The molecule has 2 aromatic rings. The summed E-state index contributed by atoms with van der Waals surface area (Å²) in [5.74, 6) is -0.388. The number of aryl methyl sites for hydroxylation is 1. The Morgan fingerprint density at radius 1 is 1.17 bits per heavy atom. The predicted octanol–water partition coefficient (Wildman–Crippen LogP) is 1.66. The SMILES string of the molecule is O=C(OCCCc1cccnc1)c1ncccn1. The largest absolute Gasteiger partial charge is 0.460 e. The molecule has 0 radical (unpaired) electrons. The van der Waals surface area contributed by atoms with Crippen molar-refractivity contribution in [3.63, 3.8) is 0 Å². The van der Waals surface area contributed by atoms with Gasteiger partial charge in [0.15, 0.2) is 0 Å². The zero-order valence-corrected chi connectivity index (χ0v) is 9.82. The molecule has 0 aliphatic rings. The van der Waals surface area contributed by atoms with Crippen LogP contribution in [-0.2, 0) is 11.2 Å². The van der Waals surface area contributed by atoms with E-state index in [0.717, 1.165) is 18.4 Å². The fraction of sp³-hybridized carbons (Fsp3) is 0.231. The molecule has 5 heteroatoms. The van der Waals surface area contributed by atoms with Gasteiger partial charge in [-0.2, -0.15) is 0 Å². The van der Waals surface area contributed by atoms with Crippen LogP contribution in [0.4, 0.5) is 0 Å². The maximum absolute atomic E-state index is 11.5. The smallest absolute Gasteiger partial charge is 0.376 e. The van der Waals surface area contributed by atoms with Gasteiger partial charge in [-0.05, 0) is 30.5 Å². The van der Waals surface area contributed by atoms with Crippen LogP contribution in [0.15, 0.2) is 43.0 Å². The summed E-state index contributed by atoms with van der Waals surface area (Å²) in [6.07, 6.45) is 8.15. The van der Waals surface area contributed by atoms with Crippen molar-refractivity contribution in [2.75, 3.05) is 6.61 Å². The van der Waals surface area contributed by atoms with E-state index >= 15 is 0 Å². The molecular formula is C13H13N3O2. The number of carbonyl (C=O) groups is 1. The molecule has 5 nitrogen and oxygen atoms in total. The van der Waals surface area contributed by atoms with Gasteiger partial charge in [-0.3, -0.25) is 4.98 Å². The van der Waals surface area contributed by atoms with Gasteiger partial charge >= 0.3 is 5.97 Å². The number of rotatable bonds is 5. The summed E-state index contributed by atoms with van der Waals surface area (Å²) in [4.78, 5) is 23.2. The minimum atomic E-state index is -0.484. The number of carbonyl (C=O) groups excluding carboxylic acids is 1. The molecule has 0 unspecified atom stereocenters. The molecule has 0 fully saturated rings. The zero-order chi connectivity index (χ0) is 12.6. The van der Waals surface area contributed by atoms with Crippen LogP contribution in [0.25, 0.3) is 0 Å². The molecular weight excluding hydrogens is 230 g/mol. The Hall–Kier alpha value is -2.30. The maximum Gasteiger partial charge on any atom is 0.376 e. The summed E-state index contributed by atoms with van der Waals surface area (Å²) in [6, 6.07) is 5.54. The van der Waals surface area contributed by atoms with E-state index in [1.54, 1.807) is 12.3 Å². The van der Waals surface area contributed by atoms with Crippen molar-refractivity contribution in [3.05, 3.63) is 54.4 Å². The summed E-state index contributed by atoms with van der Waals surface area (Å²) in [6.45, 7) is 0.353. The van der Waals surface area contributed by atoms with Crippen LogP contribution in [0.5, 0.6) is 0 Å². The highest BCUT2D eigenvalue weighted by molar-refractivity contribution is 5.84. The summed E-state index contributed by atoms with van der Waals surface area (Å²) < 4.78 is 5.07. The Morgan fingerprint density at radius 2 is 2.00 bits per heavy atom. The second kappa shape index (κ2) is 6.44. The predicted molar refractivity (Wildman–Crippen MR) is 64.9 cm³/mol. The molecule has 92 valence electrons. The van der Waals surface area contributed by atoms with Gasteiger partial charge in [0.25, 0.3) is 0 Å². The maximum atomic E-state index is 11.5. The van der Waals surface area contributed by atoms with Crippen LogP contribution in [-0.4, -0.2) is 27.5 Å². The molecule has 0 N–H and O–H groups in total. The fourth-order valence-electron chi connectivity index (χ4n) is 1.46. The third-order valence-corrected chi connectivity index (χ3v) is 2.31. The van der Waals surface area contributed by atoms with E-state index in [2.05, 4.69) is 15.0 Å². The lowest BCUT2D eigenvalue weighted by molar-refractivity contribution is 0.0486. The van der Waals surface area contributed by atoms with E-state index in [4.69, 9.17) is 4.74 Å². The van der Waals surface area contributed by atoms with Gasteiger partial charge in [0.1, 0.15) is 0 Å². The van der Waals surface area contributed by atoms with E-state index < -0.39 is 5.97 Å². The quantitative estimate of drug-likeness (QED) is 0.590. The Labute approximate surface area is 105 Å². The second-order valence-electron chi connectivity index (χ2n) is 3.67. The first-order valence-electron chi connectivity index (χ1n) is 5.69. The van der Waals surface area contributed by atoms with Crippen molar-refractivity contribution in [2.24, 2.45) is 0 Å². The van der Waals surface area contributed by atoms with Crippen molar-refractivity contribution in [3.8, 4) is 0 Å².